The van der Waals surface area contributed by atoms with Gasteiger partial charge >= 0.3 is 0 Å². The van der Waals surface area contributed by atoms with Crippen molar-refractivity contribution in [3.63, 3.8) is 0 Å². The summed E-state index contributed by atoms with van der Waals surface area (Å²) in [6.07, 6.45) is 6.20. The molecule has 0 unspecified atom stereocenters. The van der Waals surface area contributed by atoms with Crippen LogP contribution in [0.1, 0.15) is 43.5 Å². The maximum atomic E-state index is 9.71. The zero-order valence-electron chi connectivity index (χ0n) is 14.0. The number of rotatable bonds is 3. The Morgan fingerprint density at radius 3 is 2.19 bits per heavy atom. The summed E-state index contributed by atoms with van der Waals surface area (Å²) in [7, 11) is 0. The van der Waals surface area contributed by atoms with E-state index in [1.165, 1.54) is 22.4 Å². The highest BCUT2D eigenvalue weighted by atomic mass is 16.3. The van der Waals surface area contributed by atoms with E-state index in [2.05, 4.69) is 75.3 Å². The fourth-order valence-electron chi connectivity index (χ4n) is 3.08. The Morgan fingerprint density at radius 1 is 1.14 bits per heavy atom. The van der Waals surface area contributed by atoms with Crippen LogP contribution in [0.3, 0.4) is 0 Å². The predicted molar refractivity (Wildman–Crippen MR) is 85.8 cm³/mol. The van der Waals surface area contributed by atoms with Crippen LogP contribution < -0.4 is 4.57 Å². The predicted octanol–water partition coefficient (Wildman–Crippen LogP) is 3.27. The van der Waals surface area contributed by atoms with Gasteiger partial charge in [0, 0.05) is 5.41 Å². The molecule has 3 heteroatoms. The normalized spacial score (nSPS) is 13.5. The van der Waals surface area contributed by atoms with Gasteiger partial charge in [0.1, 0.15) is 24.1 Å². The SMILES string of the molecule is Cc1cc(C)c(-[n+]2ccn([C@H](CO)C(C)(C)C)c2)c(C)c1. The van der Waals surface area contributed by atoms with Gasteiger partial charge in [-0.1, -0.05) is 38.5 Å². The Bertz CT molecular complexity index is 612. The summed E-state index contributed by atoms with van der Waals surface area (Å²) in [5.74, 6) is 0. The number of imidazole rings is 1. The van der Waals surface area contributed by atoms with Crippen molar-refractivity contribution in [2.24, 2.45) is 5.41 Å². The highest BCUT2D eigenvalue weighted by Gasteiger charge is 2.30. The Kier molecular flexibility index (Phi) is 4.24. The second-order valence-electron chi connectivity index (χ2n) is 7.08. The van der Waals surface area contributed by atoms with Crippen LogP contribution in [0.2, 0.25) is 0 Å². The maximum absolute atomic E-state index is 9.71. The molecule has 0 saturated carbocycles. The van der Waals surface area contributed by atoms with E-state index >= 15 is 0 Å². The molecule has 0 aliphatic heterocycles. The van der Waals surface area contributed by atoms with Crippen LogP contribution in [0, 0.1) is 26.2 Å². The van der Waals surface area contributed by atoms with E-state index in [0.717, 1.165) is 0 Å². The van der Waals surface area contributed by atoms with Crippen molar-refractivity contribution in [1.82, 2.24) is 4.57 Å². The standard InChI is InChI=1S/C18H27N2O/c1-13-9-14(2)17(15(3)10-13)20-8-7-19(12-20)16(11-21)18(4,5)6/h7-10,12,16,21H,11H2,1-6H3/q+1/t16-/m1/s1. The van der Waals surface area contributed by atoms with Crippen molar-refractivity contribution in [3.8, 4) is 5.69 Å². The fourth-order valence-corrected chi connectivity index (χ4v) is 3.08. The summed E-state index contributed by atoms with van der Waals surface area (Å²) in [5.41, 5.74) is 5.07. The molecule has 114 valence electrons. The van der Waals surface area contributed by atoms with Gasteiger partial charge in [0.15, 0.2) is 0 Å². The Balaban J connectivity index is 2.46. The van der Waals surface area contributed by atoms with Gasteiger partial charge in [-0.3, -0.25) is 0 Å². The number of hydrogen-bond acceptors (Lipinski definition) is 1. The molecular weight excluding hydrogens is 260 g/mol. The molecule has 0 aliphatic rings. The van der Waals surface area contributed by atoms with Gasteiger partial charge < -0.3 is 5.11 Å². The lowest BCUT2D eigenvalue weighted by Crippen LogP contribution is -2.32. The van der Waals surface area contributed by atoms with Crippen LogP contribution in [0.25, 0.3) is 5.69 Å². The number of hydrogen-bond donors (Lipinski definition) is 1. The largest absolute Gasteiger partial charge is 0.392 e. The maximum Gasteiger partial charge on any atom is 0.249 e. The fraction of sp³-hybridized carbons (Fsp3) is 0.500. The molecule has 0 radical (unpaired) electrons. The molecule has 0 spiro atoms. The summed E-state index contributed by atoms with van der Waals surface area (Å²) >= 11 is 0. The zero-order chi connectivity index (χ0) is 15.8. The van der Waals surface area contributed by atoms with Gasteiger partial charge in [-0.25, -0.2) is 9.13 Å². The highest BCUT2D eigenvalue weighted by molar-refractivity contribution is 5.43. The van der Waals surface area contributed by atoms with E-state index < -0.39 is 0 Å². The smallest absolute Gasteiger partial charge is 0.249 e. The van der Waals surface area contributed by atoms with Crippen LogP contribution in [0.5, 0.6) is 0 Å². The van der Waals surface area contributed by atoms with Crippen LogP contribution in [0.15, 0.2) is 30.9 Å². The van der Waals surface area contributed by atoms with Crippen molar-refractivity contribution < 1.29 is 9.67 Å². The van der Waals surface area contributed by atoms with Crippen molar-refractivity contribution in [3.05, 3.63) is 47.5 Å². The van der Waals surface area contributed by atoms with Gasteiger partial charge in [-0.2, -0.15) is 0 Å². The zero-order valence-corrected chi connectivity index (χ0v) is 14.0. The average molecular weight is 287 g/mol. The van der Waals surface area contributed by atoms with Gasteiger partial charge in [0.2, 0.25) is 6.33 Å². The number of aliphatic hydroxyl groups is 1. The minimum atomic E-state index is 0.0168. The van der Waals surface area contributed by atoms with Crippen molar-refractivity contribution in [1.29, 1.82) is 0 Å². The molecule has 3 nitrogen and oxygen atoms in total. The average Bonchev–Trinajstić information content (AvgIpc) is 2.75. The number of aliphatic hydroxyl groups excluding tert-OH is 1. The summed E-state index contributed by atoms with van der Waals surface area (Å²) in [5, 5.41) is 9.71. The molecule has 2 rings (SSSR count). The van der Waals surface area contributed by atoms with Crippen molar-refractivity contribution in [2.75, 3.05) is 6.61 Å². The molecule has 1 N–H and O–H groups in total. The lowest BCUT2D eigenvalue weighted by Gasteiger charge is -2.25. The minimum absolute atomic E-state index is 0.0168. The quantitative estimate of drug-likeness (QED) is 0.863. The van der Waals surface area contributed by atoms with Crippen LogP contribution in [-0.4, -0.2) is 16.3 Å². The highest BCUT2D eigenvalue weighted by Crippen LogP contribution is 2.29. The molecule has 0 amide bonds. The molecular formula is C18H27N2O+. The lowest BCUT2D eigenvalue weighted by atomic mass is 9.87. The van der Waals surface area contributed by atoms with E-state index in [-0.39, 0.29) is 18.1 Å². The van der Waals surface area contributed by atoms with Crippen LogP contribution in [0.4, 0.5) is 0 Å². The van der Waals surface area contributed by atoms with Crippen molar-refractivity contribution in [2.45, 2.75) is 47.6 Å². The van der Waals surface area contributed by atoms with Gasteiger partial charge in [0.25, 0.3) is 0 Å². The first-order valence-corrected chi connectivity index (χ1v) is 7.52. The van der Waals surface area contributed by atoms with Crippen LogP contribution in [-0.2, 0) is 0 Å². The number of benzene rings is 1. The molecule has 1 aromatic heterocycles. The molecule has 1 aromatic carbocycles. The molecule has 1 heterocycles. The topological polar surface area (TPSA) is 29.0 Å². The third-order valence-electron chi connectivity index (χ3n) is 4.08. The molecule has 0 bridgehead atoms. The van der Waals surface area contributed by atoms with E-state index in [0.29, 0.717) is 0 Å². The minimum Gasteiger partial charge on any atom is -0.392 e. The molecule has 2 aromatic rings. The Morgan fingerprint density at radius 2 is 1.71 bits per heavy atom. The first kappa shape index (κ1) is 15.8. The summed E-state index contributed by atoms with van der Waals surface area (Å²) in [4.78, 5) is 0. The molecule has 0 aliphatic carbocycles. The number of aryl methyl sites for hydroxylation is 3. The molecule has 1 atom stereocenters. The first-order valence-electron chi connectivity index (χ1n) is 7.52. The number of nitrogens with zero attached hydrogens (tertiary/aromatic N) is 2. The monoisotopic (exact) mass is 287 g/mol. The number of aromatic nitrogens is 2. The van der Waals surface area contributed by atoms with E-state index in [4.69, 9.17) is 0 Å². The molecule has 21 heavy (non-hydrogen) atoms. The van der Waals surface area contributed by atoms with Gasteiger partial charge in [-0.15, -0.1) is 0 Å². The second kappa shape index (κ2) is 5.64. The Labute approximate surface area is 127 Å². The van der Waals surface area contributed by atoms with Crippen LogP contribution >= 0.6 is 0 Å². The summed E-state index contributed by atoms with van der Waals surface area (Å²) in [6.45, 7) is 13.0. The van der Waals surface area contributed by atoms with E-state index in [9.17, 15) is 5.11 Å². The third-order valence-corrected chi connectivity index (χ3v) is 4.08. The second-order valence-corrected chi connectivity index (χ2v) is 7.08. The summed E-state index contributed by atoms with van der Waals surface area (Å²) < 4.78 is 4.26. The molecule has 0 fully saturated rings. The summed E-state index contributed by atoms with van der Waals surface area (Å²) in [6, 6.07) is 4.49. The van der Waals surface area contributed by atoms with E-state index in [1.807, 2.05) is 6.20 Å². The van der Waals surface area contributed by atoms with Gasteiger partial charge in [0.05, 0.1) is 6.61 Å². The van der Waals surface area contributed by atoms with Crippen molar-refractivity contribution >= 4 is 0 Å². The Hall–Kier alpha value is -1.61. The van der Waals surface area contributed by atoms with E-state index in [1.54, 1.807) is 0 Å². The molecule has 0 saturated heterocycles. The lowest BCUT2D eigenvalue weighted by molar-refractivity contribution is -0.596. The third kappa shape index (κ3) is 3.18. The van der Waals surface area contributed by atoms with Gasteiger partial charge in [-0.05, 0) is 31.9 Å². The first-order chi connectivity index (χ1) is 9.74.